The van der Waals surface area contributed by atoms with Crippen molar-refractivity contribution in [3.8, 4) is 0 Å². The first-order chi connectivity index (χ1) is 11.9. The average molecular weight is 418 g/mol. The van der Waals surface area contributed by atoms with E-state index in [0.29, 0.717) is 11.7 Å². The van der Waals surface area contributed by atoms with Crippen molar-refractivity contribution >= 4 is 56.8 Å². The molecule has 0 unspecified atom stereocenters. The maximum Gasteiger partial charge on any atom is 0.270 e. The molecule has 1 aromatic heterocycles. The Kier molecular flexibility index (Phi) is 4.87. The largest absolute Gasteiger partial charge is 0.351 e. The molecule has 0 atom stereocenters. The molecule has 5 nitrogen and oxygen atoms in total. The van der Waals surface area contributed by atoms with E-state index < -0.39 is 11.8 Å². The summed E-state index contributed by atoms with van der Waals surface area (Å²) in [6.45, 7) is 4.12. The molecule has 2 amide bonds. The Balaban J connectivity index is 1.97. The molecule has 3 rings (SSSR count). The second-order valence-corrected chi connectivity index (χ2v) is 7.22. The van der Waals surface area contributed by atoms with Gasteiger partial charge in [-0.3, -0.25) is 19.8 Å². The number of carbonyl (C=O) groups excluding carboxylic acids is 2. The van der Waals surface area contributed by atoms with Crippen LogP contribution in [0.4, 0.5) is 5.69 Å². The second-order valence-electron chi connectivity index (χ2n) is 5.92. The summed E-state index contributed by atoms with van der Waals surface area (Å²) >= 11 is 8.54. The van der Waals surface area contributed by atoms with E-state index in [2.05, 4.69) is 35.1 Å². The van der Waals surface area contributed by atoms with E-state index in [-0.39, 0.29) is 10.7 Å². The summed E-state index contributed by atoms with van der Waals surface area (Å²) in [6, 6.07) is 9.32. The van der Waals surface area contributed by atoms with Gasteiger partial charge in [0, 0.05) is 22.9 Å². The number of nitrogens with zero attached hydrogens (tertiary/aromatic N) is 2. The molecule has 1 N–H and O–H groups in total. The third kappa shape index (κ3) is 3.57. The topological polar surface area (TPSA) is 54.3 Å². The van der Waals surface area contributed by atoms with Crippen LogP contribution in [0.2, 0.25) is 0 Å². The minimum atomic E-state index is -0.486. The van der Waals surface area contributed by atoms with Crippen LogP contribution in [-0.4, -0.2) is 21.5 Å². The van der Waals surface area contributed by atoms with Crippen molar-refractivity contribution in [1.82, 2.24) is 9.88 Å². The van der Waals surface area contributed by atoms with Gasteiger partial charge < -0.3 is 4.57 Å². The van der Waals surface area contributed by atoms with Gasteiger partial charge in [-0.05, 0) is 68.0 Å². The van der Waals surface area contributed by atoms with Crippen molar-refractivity contribution in [2.75, 3.05) is 4.90 Å². The van der Waals surface area contributed by atoms with Crippen LogP contribution in [-0.2, 0) is 9.59 Å². The van der Waals surface area contributed by atoms with Gasteiger partial charge in [-0.15, -0.1) is 0 Å². The number of hydrogen-bond acceptors (Lipinski definition) is 3. The van der Waals surface area contributed by atoms with E-state index in [1.165, 1.54) is 4.90 Å². The van der Waals surface area contributed by atoms with Gasteiger partial charge in [0.05, 0.1) is 5.69 Å². The molecule has 0 aliphatic carbocycles. The van der Waals surface area contributed by atoms with E-state index in [1.807, 2.05) is 35.2 Å². The number of rotatable bonds is 3. The first-order valence-corrected chi connectivity index (χ1v) is 8.91. The molecule has 0 spiro atoms. The SMILES string of the molecule is CC(C)n1ccc(/C=C2/C(=O)NC(=S)N(c3ccc(Br)cc3)C2=O)c1. The Hall–Kier alpha value is -2.25. The highest BCUT2D eigenvalue weighted by molar-refractivity contribution is 9.10. The van der Waals surface area contributed by atoms with Crippen LogP contribution in [0.1, 0.15) is 25.5 Å². The van der Waals surface area contributed by atoms with Gasteiger partial charge >= 0.3 is 0 Å². The average Bonchev–Trinajstić information content (AvgIpc) is 3.02. The quantitative estimate of drug-likeness (QED) is 0.470. The predicted octanol–water partition coefficient (Wildman–Crippen LogP) is 3.66. The van der Waals surface area contributed by atoms with Crippen LogP contribution in [0.5, 0.6) is 0 Å². The fourth-order valence-corrected chi connectivity index (χ4v) is 3.03. The summed E-state index contributed by atoms with van der Waals surface area (Å²) in [5.41, 5.74) is 1.44. The zero-order valence-corrected chi connectivity index (χ0v) is 16.1. The van der Waals surface area contributed by atoms with Crippen LogP contribution in [0, 0.1) is 0 Å². The number of nitrogens with one attached hydrogen (secondary N) is 1. The molecule has 1 aliphatic heterocycles. The molecule has 1 aromatic carbocycles. The Morgan fingerprint density at radius 3 is 2.44 bits per heavy atom. The lowest BCUT2D eigenvalue weighted by Gasteiger charge is -2.28. The minimum absolute atomic E-state index is 0.0537. The smallest absolute Gasteiger partial charge is 0.270 e. The Labute approximate surface area is 159 Å². The molecular weight excluding hydrogens is 402 g/mol. The summed E-state index contributed by atoms with van der Waals surface area (Å²) < 4.78 is 2.90. The lowest BCUT2D eigenvalue weighted by atomic mass is 10.1. The first-order valence-electron chi connectivity index (χ1n) is 7.71. The van der Waals surface area contributed by atoms with E-state index in [9.17, 15) is 9.59 Å². The number of carbonyl (C=O) groups is 2. The first kappa shape index (κ1) is 17.6. The molecule has 1 fully saturated rings. The summed E-state index contributed by atoms with van der Waals surface area (Å²) in [4.78, 5) is 26.5. The van der Waals surface area contributed by atoms with Gasteiger partial charge in [0.25, 0.3) is 11.8 Å². The number of anilines is 1. The lowest BCUT2D eigenvalue weighted by molar-refractivity contribution is -0.122. The number of amides is 2. The molecule has 0 saturated carbocycles. The van der Waals surface area contributed by atoms with Crippen LogP contribution in [0.25, 0.3) is 6.08 Å². The molecule has 7 heteroatoms. The predicted molar refractivity (Wildman–Crippen MR) is 105 cm³/mol. The summed E-state index contributed by atoms with van der Waals surface area (Å²) in [7, 11) is 0. The van der Waals surface area contributed by atoms with Crippen molar-refractivity contribution < 1.29 is 9.59 Å². The molecule has 1 saturated heterocycles. The number of thiocarbonyl (C=S) groups is 1. The Bertz CT molecular complexity index is 884. The highest BCUT2D eigenvalue weighted by atomic mass is 79.9. The third-order valence-corrected chi connectivity index (χ3v) is 4.64. The van der Waals surface area contributed by atoms with E-state index >= 15 is 0 Å². The zero-order chi connectivity index (χ0) is 18.1. The standard InChI is InChI=1S/C18H16BrN3O2S/c1-11(2)21-8-7-12(10-21)9-15-16(23)20-18(25)22(17(15)24)14-5-3-13(19)4-6-14/h3-11H,1-2H3,(H,20,23,25)/b15-9-. The molecule has 25 heavy (non-hydrogen) atoms. The number of halogens is 1. The normalized spacial score (nSPS) is 16.7. The Morgan fingerprint density at radius 1 is 1.16 bits per heavy atom. The number of hydrogen-bond donors (Lipinski definition) is 1. The van der Waals surface area contributed by atoms with Gasteiger partial charge in [0.1, 0.15) is 5.57 Å². The lowest BCUT2D eigenvalue weighted by Crippen LogP contribution is -2.54. The van der Waals surface area contributed by atoms with Crippen molar-refractivity contribution in [3.05, 3.63) is 58.3 Å². The Morgan fingerprint density at radius 2 is 1.84 bits per heavy atom. The van der Waals surface area contributed by atoms with Crippen LogP contribution < -0.4 is 10.2 Å². The zero-order valence-electron chi connectivity index (χ0n) is 13.7. The second kappa shape index (κ2) is 6.93. The van der Waals surface area contributed by atoms with Crippen LogP contribution in [0.15, 0.2) is 52.8 Å². The van der Waals surface area contributed by atoms with Crippen LogP contribution in [0.3, 0.4) is 0 Å². The van der Waals surface area contributed by atoms with Gasteiger partial charge in [0.15, 0.2) is 5.11 Å². The molecule has 0 bridgehead atoms. The van der Waals surface area contributed by atoms with Gasteiger partial charge in [-0.25, -0.2) is 0 Å². The van der Waals surface area contributed by atoms with Crippen molar-refractivity contribution in [2.24, 2.45) is 0 Å². The molecule has 2 aromatic rings. The molecule has 2 heterocycles. The van der Waals surface area contributed by atoms with E-state index in [0.717, 1.165) is 10.0 Å². The van der Waals surface area contributed by atoms with Crippen molar-refractivity contribution in [1.29, 1.82) is 0 Å². The number of benzene rings is 1. The van der Waals surface area contributed by atoms with Crippen molar-refractivity contribution in [2.45, 2.75) is 19.9 Å². The number of aromatic nitrogens is 1. The minimum Gasteiger partial charge on any atom is -0.351 e. The van der Waals surface area contributed by atoms with E-state index in [4.69, 9.17) is 12.2 Å². The molecule has 1 aliphatic rings. The van der Waals surface area contributed by atoms with Gasteiger partial charge in [-0.2, -0.15) is 0 Å². The van der Waals surface area contributed by atoms with Gasteiger partial charge in [-0.1, -0.05) is 15.9 Å². The highest BCUT2D eigenvalue weighted by Gasteiger charge is 2.34. The maximum absolute atomic E-state index is 12.9. The van der Waals surface area contributed by atoms with E-state index in [1.54, 1.807) is 18.2 Å². The highest BCUT2D eigenvalue weighted by Crippen LogP contribution is 2.24. The molecular formula is C18H16BrN3O2S. The maximum atomic E-state index is 12.9. The van der Waals surface area contributed by atoms with Crippen LogP contribution >= 0.6 is 28.1 Å². The third-order valence-electron chi connectivity index (χ3n) is 3.83. The summed E-state index contributed by atoms with van der Waals surface area (Å²) in [5.74, 6) is -0.922. The molecule has 128 valence electrons. The summed E-state index contributed by atoms with van der Waals surface area (Å²) in [6.07, 6.45) is 5.40. The summed E-state index contributed by atoms with van der Waals surface area (Å²) in [5, 5.41) is 2.66. The van der Waals surface area contributed by atoms with Gasteiger partial charge in [0.2, 0.25) is 0 Å². The van der Waals surface area contributed by atoms with Crippen molar-refractivity contribution in [3.63, 3.8) is 0 Å². The fraction of sp³-hybridized carbons (Fsp3) is 0.167. The molecule has 0 radical (unpaired) electrons. The fourth-order valence-electron chi connectivity index (χ4n) is 2.49. The monoisotopic (exact) mass is 417 g/mol.